The molecule has 0 amide bonds. The summed E-state index contributed by atoms with van der Waals surface area (Å²) in [5.74, 6) is 0. The van der Waals surface area contributed by atoms with Crippen molar-refractivity contribution in [1.29, 1.82) is 10.5 Å². The highest BCUT2D eigenvalue weighted by atomic mass is 15.2. The molecule has 0 saturated heterocycles. The van der Waals surface area contributed by atoms with Gasteiger partial charge in [0.2, 0.25) is 0 Å². The first-order chi connectivity index (χ1) is 27.6. The largest absolute Gasteiger partial charge is 0.310 e. The molecular weight excluding hydrogens is 681 g/mol. The molecule has 1 aliphatic carbocycles. The highest BCUT2D eigenvalue weighted by molar-refractivity contribution is 5.97. The number of fused-ring (bicyclic) bond motifs is 9. The number of benzene rings is 7. The van der Waals surface area contributed by atoms with Crippen molar-refractivity contribution in [3.8, 4) is 56.9 Å². The Kier molecular flexibility index (Phi) is 7.56. The van der Waals surface area contributed by atoms with E-state index in [2.05, 4.69) is 140 Å². The van der Waals surface area contributed by atoms with E-state index in [1.807, 2.05) is 60.7 Å². The van der Waals surface area contributed by atoms with E-state index in [1.54, 1.807) is 0 Å². The van der Waals surface area contributed by atoms with Crippen LogP contribution in [0.1, 0.15) is 44.5 Å². The zero-order chi connectivity index (χ0) is 38.0. The van der Waals surface area contributed by atoms with Crippen LogP contribution in [0.4, 0.5) is 17.1 Å². The molecule has 0 N–H and O–H groups in total. The number of aromatic nitrogens is 1. The van der Waals surface area contributed by atoms with Gasteiger partial charge < -0.3 is 4.90 Å². The van der Waals surface area contributed by atoms with Crippen LogP contribution in [0.2, 0.25) is 0 Å². The molecule has 0 radical (unpaired) electrons. The molecule has 4 heteroatoms. The van der Waals surface area contributed by atoms with Crippen molar-refractivity contribution in [2.45, 2.75) is 19.3 Å². The molecular formula is C52H34N4. The lowest BCUT2D eigenvalue weighted by Gasteiger charge is -2.45. The Bertz CT molecular complexity index is 2770. The lowest BCUT2D eigenvalue weighted by molar-refractivity contribution is 0.752. The summed E-state index contributed by atoms with van der Waals surface area (Å²) in [5, 5.41) is 21.8. The van der Waals surface area contributed by atoms with Crippen molar-refractivity contribution in [2.24, 2.45) is 0 Å². The van der Waals surface area contributed by atoms with Crippen LogP contribution in [0.3, 0.4) is 0 Å². The number of aryl methyl sites for hydroxylation is 2. The van der Waals surface area contributed by atoms with Crippen LogP contribution in [-0.2, 0) is 5.41 Å². The number of rotatable bonds is 4. The smallest absolute Gasteiger partial charge is 0.102 e. The molecule has 262 valence electrons. The molecule has 0 atom stereocenters. The number of hydrogen-bond donors (Lipinski definition) is 0. The van der Waals surface area contributed by atoms with E-state index in [0.29, 0.717) is 28.1 Å². The Morgan fingerprint density at radius 1 is 0.464 bits per heavy atom. The van der Waals surface area contributed by atoms with E-state index in [4.69, 9.17) is 4.98 Å². The topological polar surface area (TPSA) is 63.7 Å². The van der Waals surface area contributed by atoms with Crippen molar-refractivity contribution in [2.75, 3.05) is 4.90 Å². The molecule has 8 aromatic rings. The first-order valence-electron chi connectivity index (χ1n) is 18.9. The molecule has 1 spiro atoms. The van der Waals surface area contributed by atoms with Gasteiger partial charge in [-0.05, 0) is 88.2 Å². The summed E-state index contributed by atoms with van der Waals surface area (Å²) < 4.78 is 0. The fourth-order valence-electron chi connectivity index (χ4n) is 9.47. The Balaban J connectivity index is 1.22. The Morgan fingerprint density at radius 3 is 1.30 bits per heavy atom. The van der Waals surface area contributed by atoms with Gasteiger partial charge in [0.25, 0.3) is 0 Å². The zero-order valence-corrected chi connectivity index (χ0v) is 31.0. The first-order valence-corrected chi connectivity index (χ1v) is 18.9. The van der Waals surface area contributed by atoms with E-state index < -0.39 is 5.41 Å². The molecule has 0 fully saturated rings. The minimum Gasteiger partial charge on any atom is -0.310 e. The number of nitrogens with zero attached hydrogens (tertiary/aromatic N) is 4. The minimum absolute atomic E-state index is 0.389. The molecule has 1 aliphatic heterocycles. The number of nitriles is 2. The standard InChI is InChI=1S/C52H34N4/c1-33-29-37(30-34(2)48(33)49-40(31-53)50(35-17-5-3-6-18-35)55-51(41(49)32-54)36-19-7-4-8-20-36)56-46-27-15-13-25-44(46)52(45-26-14-16-28-47(45)56)42-23-11-9-21-38(42)39-22-10-12-24-43(39)52/h3-30H,1-2H3. The normalized spacial score (nSPS) is 12.9. The van der Waals surface area contributed by atoms with Crippen LogP contribution in [0.25, 0.3) is 44.8 Å². The average Bonchev–Trinajstić information content (AvgIpc) is 3.54. The summed E-state index contributed by atoms with van der Waals surface area (Å²) in [5.41, 5.74) is 17.2. The zero-order valence-electron chi connectivity index (χ0n) is 31.0. The summed E-state index contributed by atoms with van der Waals surface area (Å²) in [7, 11) is 0. The Hall–Kier alpha value is -7.53. The minimum atomic E-state index is -0.497. The molecule has 0 unspecified atom stereocenters. The third-order valence-corrected chi connectivity index (χ3v) is 11.6. The molecule has 0 saturated carbocycles. The number of pyridine rings is 1. The second-order valence-corrected chi connectivity index (χ2v) is 14.6. The van der Waals surface area contributed by atoms with E-state index >= 15 is 0 Å². The Morgan fingerprint density at radius 2 is 0.857 bits per heavy atom. The predicted octanol–water partition coefficient (Wildman–Crippen LogP) is 12.6. The molecule has 7 aromatic carbocycles. The van der Waals surface area contributed by atoms with Gasteiger partial charge in [-0.3, -0.25) is 0 Å². The number of para-hydroxylation sites is 2. The highest BCUT2D eigenvalue weighted by Gasteiger charge is 2.51. The summed E-state index contributed by atoms with van der Waals surface area (Å²) in [4.78, 5) is 7.44. The van der Waals surface area contributed by atoms with Crippen LogP contribution in [0, 0.1) is 36.5 Å². The molecule has 2 heterocycles. The van der Waals surface area contributed by atoms with Crippen LogP contribution in [0.5, 0.6) is 0 Å². The lowest BCUT2D eigenvalue weighted by Crippen LogP contribution is -2.36. The third kappa shape index (κ3) is 4.60. The van der Waals surface area contributed by atoms with Gasteiger partial charge in [0.05, 0.1) is 39.3 Å². The fourth-order valence-corrected chi connectivity index (χ4v) is 9.47. The second-order valence-electron chi connectivity index (χ2n) is 14.6. The van der Waals surface area contributed by atoms with E-state index in [9.17, 15) is 10.5 Å². The van der Waals surface area contributed by atoms with Gasteiger partial charge in [-0.1, -0.05) is 146 Å². The Labute approximate surface area is 326 Å². The van der Waals surface area contributed by atoms with Crippen molar-refractivity contribution < 1.29 is 0 Å². The van der Waals surface area contributed by atoms with Crippen LogP contribution >= 0.6 is 0 Å². The molecule has 1 aromatic heterocycles. The summed E-state index contributed by atoms with van der Waals surface area (Å²) in [6, 6.07) is 64.3. The number of hydrogen-bond acceptors (Lipinski definition) is 4. The van der Waals surface area contributed by atoms with Gasteiger partial charge in [0.1, 0.15) is 12.1 Å². The predicted molar refractivity (Wildman–Crippen MR) is 225 cm³/mol. The fraction of sp³-hybridized carbons (Fsp3) is 0.0577. The van der Waals surface area contributed by atoms with Gasteiger partial charge >= 0.3 is 0 Å². The van der Waals surface area contributed by atoms with Gasteiger partial charge in [0.15, 0.2) is 0 Å². The van der Waals surface area contributed by atoms with Crippen LogP contribution < -0.4 is 4.90 Å². The van der Waals surface area contributed by atoms with E-state index in [-0.39, 0.29) is 0 Å². The summed E-state index contributed by atoms with van der Waals surface area (Å²) in [6.07, 6.45) is 0. The van der Waals surface area contributed by atoms with Crippen molar-refractivity contribution >= 4 is 17.1 Å². The first kappa shape index (κ1) is 33.1. The van der Waals surface area contributed by atoms with Crippen molar-refractivity contribution in [3.63, 3.8) is 0 Å². The quantitative estimate of drug-likeness (QED) is 0.182. The van der Waals surface area contributed by atoms with E-state index in [0.717, 1.165) is 44.9 Å². The SMILES string of the molecule is Cc1cc(N2c3ccccc3C3(c4ccccc4-c4ccccc43)c3ccccc32)cc(C)c1-c1c(C#N)c(-c2ccccc2)nc(-c2ccccc2)c1C#N. The number of anilines is 3. The second kappa shape index (κ2) is 12.8. The van der Waals surface area contributed by atoms with Crippen molar-refractivity contribution in [1.82, 2.24) is 4.98 Å². The average molecular weight is 715 g/mol. The van der Waals surface area contributed by atoms with Crippen LogP contribution in [0.15, 0.2) is 170 Å². The van der Waals surface area contributed by atoms with Crippen LogP contribution in [-0.4, -0.2) is 4.98 Å². The monoisotopic (exact) mass is 714 g/mol. The third-order valence-electron chi connectivity index (χ3n) is 11.6. The molecule has 4 nitrogen and oxygen atoms in total. The maximum atomic E-state index is 10.9. The molecule has 10 rings (SSSR count). The lowest BCUT2D eigenvalue weighted by atomic mass is 9.64. The summed E-state index contributed by atoms with van der Waals surface area (Å²) >= 11 is 0. The highest BCUT2D eigenvalue weighted by Crippen LogP contribution is 2.63. The molecule has 0 bridgehead atoms. The molecule has 2 aliphatic rings. The molecule has 56 heavy (non-hydrogen) atoms. The maximum absolute atomic E-state index is 10.9. The van der Waals surface area contributed by atoms with Gasteiger partial charge in [-0.15, -0.1) is 0 Å². The van der Waals surface area contributed by atoms with Crippen molar-refractivity contribution in [3.05, 3.63) is 214 Å². The van der Waals surface area contributed by atoms with E-state index in [1.165, 1.54) is 33.4 Å². The van der Waals surface area contributed by atoms with Gasteiger partial charge in [-0.25, -0.2) is 4.98 Å². The van der Waals surface area contributed by atoms with Gasteiger partial charge in [0, 0.05) is 22.4 Å². The maximum Gasteiger partial charge on any atom is 0.102 e. The summed E-state index contributed by atoms with van der Waals surface area (Å²) in [6.45, 7) is 4.18. The van der Waals surface area contributed by atoms with Gasteiger partial charge in [-0.2, -0.15) is 10.5 Å².